The molecule has 0 amide bonds. The third-order valence-electron chi connectivity index (χ3n) is 3.88. The topological polar surface area (TPSA) is 84.3 Å². The predicted octanol–water partition coefficient (Wildman–Crippen LogP) is 0.777. The molecule has 0 radical (unpaired) electrons. The van der Waals surface area contributed by atoms with Crippen LogP contribution in [0, 0.1) is 11.8 Å². The molecule has 4 atom stereocenters. The second kappa shape index (κ2) is 6.81. The van der Waals surface area contributed by atoms with Gasteiger partial charge in [0.1, 0.15) is 6.23 Å². The van der Waals surface area contributed by atoms with Crippen molar-refractivity contribution in [3.05, 3.63) is 33.1 Å². The van der Waals surface area contributed by atoms with E-state index in [0.717, 1.165) is 12.8 Å². The zero-order chi connectivity index (χ0) is 15.6. The lowest BCUT2D eigenvalue weighted by molar-refractivity contribution is -0.0138. The first-order valence-corrected chi connectivity index (χ1v) is 7.83. The standard InChI is InChI=1S/C14H22N2O4S/c1-8(2)3-4-9-12(18)10(7-21)20-13(9)16-6-5-11(17)15-14(16)19/h5-6,8-10,12-13,18,21H,3-4,7H2,1-2H3,(H,15,17,19)/t9-,10-,12+,13-/m1/s1. The summed E-state index contributed by atoms with van der Waals surface area (Å²) >= 11 is 4.19. The molecule has 21 heavy (non-hydrogen) atoms. The summed E-state index contributed by atoms with van der Waals surface area (Å²) in [6.45, 7) is 4.22. The van der Waals surface area contributed by atoms with Crippen LogP contribution in [0.1, 0.15) is 32.9 Å². The van der Waals surface area contributed by atoms with Crippen molar-refractivity contribution in [3.63, 3.8) is 0 Å². The van der Waals surface area contributed by atoms with Gasteiger partial charge < -0.3 is 9.84 Å². The van der Waals surface area contributed by atoms with E-state index in [4.69, 9.17) is 4.74 Å². The number of nitrogens with one attached hydrogen (secondary N) is 1. The number of hydrogen-bond acceptors (Lipinski definition) is 5. The van der Waals surface area contributed by atoms with Crippen LogP contribution < -0.4 is 11.2 Å². The summed E-state index contributed by atoms with van der Waals surface area (Å²) in [6.07, 6.45) is 1.46. The number of aromatic amines is 1. The quantitative estimate of drug-likeness (QED) is 0.701. The zero-order valence-corrected chi connectivity index (χ0v) is 13.1. The molecular formula is C14H22N2O4S. The lowest BCUT2D eigenvalue weighted by Crippen LogP contribution is -2.35. The van der Waals surface area contributed by atoms with E-state index in [1.807, 2.05) is 0 Å². The van der Waals surface area contributed by atoms with E-state index in [1.54, 1.807) is 0 Å². The van der Waals surface area contributed by atoms with Gasteiger partial charge in [0, 0.05) is 23.9 Å². The van der Waals surface area contributed by atoms with Gasteiger partial charge in [0.2, 0.25) is 0 Å². The monoisotopic (exact) mass is 314 g/mol. The smallest absolute Gasteiger partial charge is 0.330 e. The Kier molecular flexibility index (Phi) is 5.29. The van der Waals surface area contributed by atoms with Crippen molar-refractivity contribution in [3.8, 4) is 0 Å². The second-order valence-corrected chi connectivity index (χ2v) is 6.26. The average molecular weight is 314 g/mol. The molecule has 1 aliphatic heterocycles. The van der Waals surface area contributed by atoms with Crippen LogP contribution in [0.25, 0.3) is 0 Å². The Labute approximate surface area is 128 Å². The summed E-state index contributed by atoms with van der Waals surface area (Å²) in [7, 11) is 0. The molecule has 0 bridgehead atoms. The lowest BCUT2D eigenvalue weighted by atomic mass is 9.91. The Hall–Kier alpha value is -1.05. The molecule has 7 heteroatoms. The third kappa shape index (κ3) is 3.59. The Morgan fingerprint density at radius 1 is 1.48 bits per heavy atom. The first-order chi connectivity index (χ1) is 9.93. The number of aromatic nitrogens is 2. The molecule has 118 valence electrons. The molecule has 0 saturated carbocycles. The van der Waals surface area contributed by atoms with E-state index in [1.165, 1.54) is 16.8 Å². The molecule has 0 unspecified atom stereocenters. The lowest BCUT2D eigenvalue weighted by Gasteiger charge is -2.22. The van der Waals surface area contributed by atoms with E-state index >= 15 is 0 Å². The summed E-state index contributed by atoms with van der Waals surface area (Å²) in [5, 5.41) is 10.4. The van der Waals surface area contributed by atoms with Gasteiger partial charge in [-0.2, -0.15) is 12.6 Å². The fourth-order valence-corrected chi connectivity index (χ4v) is 3.00. The van der Waals surface area contributed by atoms with Crippen molar-refractivity contribution < 1.29 is 9.84 Å². The van der Waals surface area contributed by atoms with E-state index in [9.17, 15) is 14.7 Å². The molecule has 6 nitrogen and oxygen atoms in total. The summed E-state index contributed by atoms with van der Waals surface area (Å²) in [5.74, 6) is 0.696. The molecule has 2 N–H and O–H groups in total. The molecule has 2 heterocycles. The Balaban J connectivity index is 2.29. The van der Waals surface area contributed by atoms with Crippen LogP contribution in [-0.4, -0.2) is 32.6 Å². The van der Waals surface area contributed by atoms with Crippen molar-refractivity contribution in [1.29, 1.82) is 0 Å². The van der Waals surface area contributed by atoms with Crippen molar-refractivity contribution >= 4 is 12.6 Å². The van der Waals surface area contributed by atoms with Crippen LogP contribution in [0.2, 0.25) is 0 Å². The van der Waals surface area contributed by atoms with Crippen LogP contribution in [-0.2, 0) is 4.74 Å². The number of hydrogen-bond donors (Lipinski definition) is 3. The minimum atomic E-state index is -0.662. The number of ether oxygens (including phenoxy) is 1. The summed E-state index contributed by atoms with van der Waals surface area (Å²) in [5.41, 5.74) is -0.965. The highest BCUT2D eigenvalue weighted by Gasteiger charge is 2.43. The molecule has 1 saturated heterocycles. The summed E-state index contributed by atoms with van der Waals surface area (Å²) < 4.78 is 7.14. The van der Waals surface area contributed by atoms with Gasteiger partial charge in [0.25, 0.3) is 5.56 Å². The van der Waals surface area contributed by atoms with Crippen LogP contribution in [0.3, 0.4) is 0 Å². The fourth-order valence-electron chi connectivity index (χ4n) is 2.69. The zero-order valence-electron chi connectivity index (χ0n) is 12.2. The van der Waals surface area contributed by atoms with Crippen LogP contribution in [0.4, 0.5) is 0 Å². The van der Waals surface area contributed by atoms with Gasteiger partial charge in [-0.1, -0.05) is 20.3 Å². The van der Waals surface area contributed by atoms with E-state index in [0.29, 0.717) is 11.7 Å². The van der Waals surface area contributed by atoms with Crippen molar-refractivity contribution in [2.45, 2.75) is 45.1 Å². The highest BCUT2D eigenvalue weighted by Crippen LogP contribution is 2.37. The largest absolute Gasteiger partial charge is 0.390 e. The maximum absolute atomic E-state index is 11.9. The summed E-state index contributed by atoms with van der Waals surface area (Å²) in [6, 6.07) is 1.28. The van der Waals surface area contributed by atoms with Gasteiger partial charge in [-0.25, -0.2) is 4.79 Å². The summed E-state index contributed by atoms with van der Waals surface area (Å²) in [4.78, 5) is 25.3. The average Bonchev–Trinajstić information content (AvgIpc) is 2.73. The molecule has 1 aliphatic rings. The molecule has 0 aliphatic carbocycles. The second-order valence-electron chi connectivity index (χ2n) is 5.89. The molecule has 1 aromatic heterocycles. The molecule has 2 rings (SSSR count). The van der Waals surface area contributed by atoms with Gasteiger partial charge in [-0.3, -0.25) is 14.3 Å². The maximum Gasteiger partial charge on any atom is 0.330 e. The van der Waals surface area contributed by atoms with Gasteiger partial charge in [-0.15, -0.1) is 0 Å². The molecule has 0 aromatic carbocycles. The van der Waals surface area contributed by atoms with E-state index in [-0.39, 0.29) is 5.92 Å². The molecule has 0 spiro atoms. The Bertz CT molecular complexity index is 583. The highest BCUT2D eigenvalue weighted by molar-refractivity contribution is 7.80. The normalized spacial score (nSPS) is 29.2. The fraction of sp³-hybridized carbons (Fsp3) is 0.714. The molecular weight excluding hydrogens is 292 g/mol. The Morgan fingerprint density at radius 2 is 2.19 bits per heavy atom. The van der Waals surface area contributed by atoms with Crippen molar-refractivity contribution in [1.82, 2.24) is 9.55 Å². The number of aliphatic hydroxyl groups is 1. The maximum atomic E-state index is 11.9. The van der Waals surface area contributed by atoms with Gasteiger partial charge in [0.05, 0.1) is 12.2 Å². The third-order valence-corrected chi connectivity index (χ3v) is 4.24. The minimum absolute atomic E-state index is 0.187. The number of thiol groups is 1. The number of H-pyrrole nitrogens is 1. The first kappa shape index (κ1) is 16.3. The van der Waals surface area contributed by atoms with E-state index < -0.39 is 29.7 Å². The van der Waals surface area contributed by atoms with E-state index in [2.05, 4.69) is 31.5 Å². The number of nitrogens with zero attached hydrogens (tertiary/aromatic N) is 1. The van der Waals surface area contributed by atoms with Gasteiger partial charge >= 0.3 is 5.69 Å². The Morgan fingerprint density at radius 3 is 2.76 bits per heavy atom. The SMILES string of the molecule is CC(C)CC[C@@H]1[C@H](O)[C@@H](CS)O[C@H]1n1ccc(=O)[nH]c1=O. The van der Waals surface area contributed by atoms with Crippen LogP contribution >= 0.6 is 12.6 Å². The number of aliphatic hydroxyl groups excluding tert-OH is 1. The van der Waals surface area contributed by atoms with Crippen molar-refractivity contribution in [2.24, 2.45) is 11.8 Å². The van der Waals surface area contributed by atoms with Crippen LogP contribution in [0.5, 0.6) is 0 Å². The number of rotatable bonds is 5. The first-order valence-electron chi connectivity index (χ1n) is 7.20. The van der Waals surface area contributed by atoms with Crippen LogP contribution in [0.15, 0.2) is 21.9 Å². The minimum Gasteiger partial charge on any atom is -0.390 e. The van der Waals surface area contributed by atoms with Gasteiger partial charge in [-0.05, 0) is 12.3 Å². The van der Waals surface area contributed by atoms with Gasteiger partial charge in [0.15, 0.2) is 0 Å². The predicted molar refractivity (Wildman–Crippen MR) is 82.7 cm³/mol. The molecule has 1 fully saturated rings. The van der Waals surface area contributed by atoms with Crippen molar-refractivity contribution in [2.75, 3.05) is 5.75 Å². The molecule has 1 aromatic rings. The highest BCUT2D eigenvalue weighted by atomic mass is 32.1.